The molecule has 1 aliphatic rings. The Morgan fingerprint density at radius 1 is 1.28 bits per heavy atom. The predicted molar refractivity (Wildman–Crippen MR) is 66.4 cm³/mol. The second-order valence-electron chi connectivity index (χ2n) is 4.15. The third-order valence-electron chi connectivity index (χ3n) is 2.71. The molecule has 1 heterocycles. The van der Waals surface area contributed by atoms with Gasteiger partial charge in [0.25, 0.3) is 10.0 Å². The Hall–Kier alpha value is -1.82. The van der Waals surface area contributed by atoms with Gasteiger partial charge < -0.3 is 4.74 Å². The number of carbonyl (C=O) groups is 1. The third kappa shape index (κ3) is 1.78. The van der Waals surface area contributed by atoms with E-state index in [-0.39, 0.29) is 10.5 Å². The largest absolute Gasteiger partial charge is 0.465 e. The fourth-order valence-electron chi connectivity index (χ4n) is 1.89. The molecule has 0 fully saturated rings. The standard InChI is InChI=1S/C12H13NO4S/c1-7(2)11-10-8(12(14)17-3)5-4-6-9(10)18(15,16)13-11/h4-6,13H,1-3H3. The highest BCUT2D eigenvalue weighted by molar-refractivity contribution is 7.90. The van der Waals surface area contributed by atoms with Crippen molar-refractivity contribution in [2.75, 3.05) is 7.11 Å². The van der Waals surface area contributed by atoms with Gasteiger partial charge in [-0.05, 0) is 26.0 Å². The minimum absolute atomic E-state index is 0.113. The smallest absolute Gasteiger partial charge is 0.338 e. The SMILES string of the molecule is COC(=O)c1cccc2c1C(=C(C)C)NS2(=O)=O. The second-order valence-corrected chi connectivity index (χ2v) is 5.80. The number of carbonyl (C=O) groups excluding carboxylic acids is 1. The topological polar surface area (TPSA) is 72.5 Å². The van der Waals surface area contributed by atoms with Crippen LogP contribution < -0.4 is 4.72 Å². The van der Waals surface area contributed by atoms with Gasteiger partial charge in [0.1, 0.15) is 0 Å². The quantitative estimate of drug-likeness (QED) is 0.783. The molecular formula is C12H13NO4S. The summed E-state index contributed by atoms with van der Waals surface area (Å²) in [6.45, 7) is 3.56. The first-order valence-corrected chi connectivity index (χ1v) is 6.79. The number of sulfonamides is 1. The van der Waals surface area contributed by atoms with Crippen LogP contribution in [0.15, 0.2) is 28.7 Å². The van der Waals surface area contributed by atoms with Crippen LogP contribution in [0.3, 0.4) is 0 Å². The van der Waals surface area contributed by atoms with E-state index in [4.69, 9.17) is 0 Å². The fraction of sp³-hybridized carbons (Fsp3) is 0.250. The summed E-state index contributed by atoms with van der Waals surface area (Å²) in [7, 11) is -2.31. The van der Waals surface area contributed by atoms with Crippen molar-refractivity contribution in [2.45, 2.75) is 18.7 Å². The first-order valence-electron chi connectivity index (χ1n) is 5.30. The van der Waals surface area contributed by atoms with Gasteiger partial charge in [-0.2, -0.15) is 0 Å². The minimum Gasteiger partial charge on any atom is -0.465 e. The maximum Gasteiger partial charge on any atom is 0.338 e. The molecule has 5 nitrogen and oxygen atoms in total. The van der Waals surface area contributed by atoms with Crippen molar-refractivity contribution >= 4 is 21.7 Å². The van der Waals surface area contributed by atoms with E-state index in [1.165, 1.54) is 19.2 Å². The molecule has 0 bridgehead atoms. The van der Waals surface area contributed by atoms with Crippen LogP contribution in [0.25, 0.3) is 5.70 Å². The Bertz CT molecular complexity index is 655. The summed E-state index contributed by atoms with van der Waals surface area (Å²) in [6, 6.07) is 4.55. The van der Waals surface area contributed by atoms with E-state index in [0.29, 0.717) is 11.3 Å². The molecule has 0 aliphatic carbocycles. The molecule has 0 atom stereocenters. The predicted octanol–water partition coefficient (Wildman–Crippen LogP) is 1.52. The maximum absolute atomic E-state index is 11.9. The van der Waals surface area contributed by atoms with E-state index in [9.17, 15) is 13.2 Å². The fourth-order valence-corrected chi connectivity index (χ4v) is 3.31. The Kier molecular flexibility index (Phi) is 2.90. The normalized spacial score (nSPS) is 15.8. The van der Waals surface area contributed by atoms with E-state index in [1.807, 2.05) is 0 Å². The van der Waals surface area contributed by atoms with E-state index < -0.39 is 16.0 Å². The van der Waals surface area contributed by atoms with E-state index in [2.05, 4.69) is 9.46 Å². The number of methoxy groups -OCH3 is 1. The summed E-state index contributed by atoms with van der Waals surface area (Å²) in [4.78, 5) is 11.8. The highest BCUT2D eigenvalue weighted by atomic mass is 32.2. The van der Waals surface area contributed by atoms with Gasteiger partial charge in [-0.3, -0.25) is 4.72 Å². The van der Waals surface area contributed by atoms with E-state index >= 15 is 0 Å². The second kappa shape index (κ2) is 4.13. The van der Waals surface area contributed by atoms with Crippen LogP contribution in [0.2, 0.25) is 0 Å². The summed E-state index contributed by atoms with van der Waals surface area (Å²) in [6.07, 6.45) is 0. The van der Waals surface area contributed by atoms with Gasteiger partial charge >= 0.3 is 5.97 Å². The van der Waals surface area contributed by atoms with Crippen LogP contribution >= 0.6 is 0 Å². The number of rotatable bonds is 1. The van der Waals surface area contributed by atoms with Crippen molar-refractivity contribution in [3.05, 3.63) is 34.9 Å². The Labute approximate surface area is 106 Å². The van der Waals surface area contributed by atoms with Crippen molar-refractivity contribution in [3.8, 4) is 0 Å². The lowest BCUT2D eigenvalue weighted by molar-refractivity contribution is 0.0600. The number of ether oxygens (including phenoxy) is 1. The summed E-state index contributed by atoms with van der Waals surface area (Å²) in [5.74, 6) is -0.551. The lowest BCUT2D eigenvalue weighted by Crippen LogP contribution is -2.14. The molecule has 1 N–H and O–H groups in total. The molecular weight excluding hydrogens is 254 g/mol. The Morgan fingerprint density at radius 3 is 2.50 bits per heavy atom. The number of nitrogens with one attached hydrogen (secondary N) is 1. The van der Waals surface area contributed by atoms with Crippen molar-refractivity contribution in [1.29, 1.82) is 0 Å². The number of allylic oxidation sites excluding steroid dienone is 1. The molecule has 1 aromatic carbocycles. The molecule has 0 unspecified atom stereocenters. The average molecular weight is 267 g/mol. The first kappa shape index (κ1) is 12.6. The molecule has 96 valence electrons. The van der Waals surface area contributed by atoms with Crippen molar-refractivity contribution < 1.29 is 17.9 Å². The number of fused-ring (bicyclic) bond motifs is 1. The lowest BCUT2D eigenvalue weighted by atomic mass is 10.0. The molecule has 6 heteroatoms. The summed E-state index contributed by atoms with van der Waals surface area (Å²) >= 11 is 0. The Balaban J connectivity index is 2.84. The molecule has 2 rings (SSSR count). The average Bonchev–Trinajstić information content (AvgIpc) is 2.61. The summed E-state index contributed by atoms with van der Waals surface area (Å²) in [5, 5.41) is 0. The molecule has 0 saturated carbocycles. The first-order chi connectivity index (χ1) is 8.38. The van der Waals surface area contributed by atoms with Crippen molar-refractivity contribution in [3.63, 3.8) is 0 Å². The molecule has 0 radical (unpaired) electrons. The van der Waals surface area contributed by atoms with E-state index in [0.717, 1.165) is 5.57 Å². The van der Waals surface area contributed by atoms with Crippen LogP contribution in [0.1, 0.15) is 29.8 Å². The van der Waals surface area contributed by atoms with Gasteiger partial charge in [0.05, 0.1) is 23.3 Å². The minimum atomic E-state index is -3.58. The molecule has 0 amide bonds. The van der Waals surface area contributed by atoms with Gasteiger partial charge in [-0.15, -0.1) is 0 Å². The molecule has 1 aliphatic heterocycles. The van der Waals surface area contributed by atoms with Crippen molar-refractivity contribution in [1.82, 2.24) is 4.72 Å². The highest BCUT2D eigenvalue weighted by Gasteiger charge is 2.34. The number of esters is 1. The summed E-state index contributed by atoms with van der Waals surface area (Å²) < 4.78 is 31.0. The Morgan fingerprint density at radius 2 is 1.94 bits per heavy atom. The molecule has 1 aromatic rings. The lowest BCUT2D eigenvalue weighted by Gasteiger charge is -2.07. The van der Waals surface area contributed by atoms with Crippen LogP contribution in [-0.2, 0) is 14.8 Å². The van der Waals surface area contributed by atoms with Crippen LogP contribution in [0.4, 0.5) is 0 Å². The zero-order valence-corrected chi connectivity index (χ0v) is 11.1. The van der Waals surface area contributed by atoms with Crippen LogP contribution in [-0.4, -0.2) is 21.5 Å². The number of hydrogen-bond donors (Lipinski definition) is 1. The van der Waals surface area contributed by atoms with Crippen molar-refractivity contribution in [2.24, 2.45) is 0 Å². The van der Waals surface area contributed by atoms with Gasteiger partial charge in [-0.25, -0.2) is 13.2 Å². The van der Waals surface area contributed by atoms with Crippen LogP contribution in [0.5, 0.6) is 0 Å². The summed E-state index contributed by atoms with van der Waals surface area (Å²) in [5.41, 5.74) is 1.88. The molecule has 0 aromatic heterocycles. The van der Waals surface area contributed by atoms with E-state index in [1.54, 1.807) is 19.9 Å². The molecule has 0 spiro atoms. The molecule has 0 saturated heterocycles. The zero-order chi connectivity index (χ0) is 13.5. The maximum atomic E-state index is 11.9. The van der Waals surface area contributed by atoms with Gasteiger partial charge in [0, 0.05) is 5.56 Å². The highest BCUT2D eigenvalue weighted by Crippen LogP contribution is 2.34. The third-order valence-corrected chi connectivity index (χ3v) is 4.10. The monoisotopic (exact) mass is 267 g/mol. The molecule has 18 heavy (non-hydrogen) atoms. The number of hydrogen-bond acceptors (Lipinski definition) is 4. The zero-order valence-electron chi connectivity index (χ0n) is 10.3. The van der Waals surface area contributed by atoms with Crippen LogP contribution in [0, 0.1) is 0 Å². The number of benzene rings is 1. The van der Waals surface area contributed by atoms with Gasteiger partial charge in [0.2, 0.25) is 0 Å². The van der Waals surface area contributed by atoms with Gasteiger partial charge in [-0.1, -0.05) is 11.6 Å². The van der Waals surface area contributed by atoms with Gasteiger partial charge in [0.15, 0.2) is 0 Å².